The molecule has 0 heterocycles. The molecule has 0 aliphatic carbocycles. The van der Waals surface area contributed by atoms with Crippen molar-refractivity contribution >= 4 is 0 Å². The fourth-order valence-electron chi connectivity index (χ4n) is 6.01. The Bertz CT molecular complexity index is 1270. The SMILES string of the molecule is CCOC(C)Oc1ccc(C(c2ccc(OC(C)OCC)cc2)C(c2ccc(OC(C)OCC)cc2)c2ccc(OC(C)OCC)cc2)cc1. The van der Waals surface area contributed by atoms with Gasteiger partial charge in [0.15, 0.2) is 25.2 Å². The summed E-state index contributed by atoms with van der Waals surface area (Å²) in [5, 5.41) is 0. The van der Waals surface area contributed by atoms with Gasteiger partial charge in [-0.2, -0.15) is 0 Å². The molecule has 0 aliphatic heterocycles. The summed E-state index contributed by atoms with van der Waals surface area (Å²) < 4.78 is 46.6. The van der Waals surface area contributed by atoms with Crippen LogP contribution >= 0.6 is 0 Å². The van der Waals surface area contributed by atoms with E-state index in [1.807, 2.05) is 104 Å². The Kier molecular flexibility index (Phi) is 15.4. The first-order valence-electron chi connectivity index (χ1n) is 17.8. The lowest BCUT2D eigenvalue weighted by atomic mass is 9.73. The van der Waals surface area contributed by atoms with Crippen molar-refractivity contribution in [3.63, 3.8) is 0 Å². The number of ether oxygens (including phenoxy) is 8. The lowest BCUT2D eigenvalue weighted by Gasteiger charge is -2.30. The predicted octanol–water partition coefficient (Wildman–Crippen LogP) is 9.70. The highest BCUT2D eigenvalue weighted by Crippen LogP contribution is 2.44. The molecule has 0 saturated carbocycles. The van der Waals surface area contributed by atoms with E-state index in [0.29, 0.717) is 26.4 Å². The van der Waals surface area contributed by atoms with Crippen molar-refractivity contribution in [1.29, 1.82) is 0 Å². The zero-order valence-electron chi connectivity index (χ0n) is 30.8. The summed E-state index contributed by atoms with van der Waals surface area (Å²) in [6, 6.07) is 33.1. The van der Waals surface area contributed by atoms with Gasteiger partial charge in [0.1, 0.15) is 23.0 Å². The molecule has 0 fully saturated rings. The number of benzene rings is 4. The average molecular weight is 687 g/mol. The van der Waals surface area contributed by atoms with Crippen LogP contribution in [0.4, 0.5) is 0 Å². The van der Waals surface area contributed by atoms with Crippen molar-refractivity contribution in [3.8, 4) is 23.0 Å². The van der Waals surface area contributed by atoms with Crippen LogP contribution < -0.4 is 18.9 Å². The summed E-state index contributed by atoms with van der Waals surface area (Å²) in [6.07, 6.45) is -1.39. The Labute approximate surface area is 298 Å². The third-order valence-electron chi connectivity index (χ3n) is 8.10. The molecule has 4 aromatic rings. The standard InChI is InChI=1S/C42H54O8/c1-9-43-29(5)47-37-21-13-33(14-22-37)41(34-15-23-38(24-16-34)48-30(6)44-10-2)42(35-17-25-39(26-18-35)49-31(7)45-11-3)36-19-27-40(28-20-36)50-32(8)46-12-4/h13-32,41-42H,9-12H2,1-8H3. The second-order valence-electron chi connectivity index (χ2n) is 11.8. The Morgan fingerprint density at radius 1 is 0.320 bits per heavy atom. The molecule has 4 unspecified atom stereocenters. The fraction of sp³-hybridized carbons (Fsp3) is 0.429. The third-order valence-corrected chi connectivity index (χ3v) is 8.10. The largest absolute Gasteiger partial charge is 0.465 e. The monoisotopic (exact) mass is 686 g/mol. The third kappa shape index (κ3) is 11.5. The summed E-state index contributed by atoms with van der Waals surface area (Å²) in [7, 11) is 0. The van der Waals surface area contributed by atoms with Crippen molar-refractivity contribution in [2.24, 2.45) is 0 Å². The van der Waals surface area contributed by atoms with Crippen LogP contribution in [0.1, 0.15) is 89.5 Å². The lowest BCUT2D eigenvalue weighted by Crippen LogP contribution is -2.18. The van der Waals surface area contributed by atoms with Gasteiger partial charge in [0.2, 0.25) is 0 Å². The maximum Gasteiger partial charge on any atom is 0.196 e. The smallest absolute Gasteiger partial charge is 0.196 e. The van der Waals surface area contributed by atoms with Crippen LogP contribution in [0.2, 0.25) is 0 Å². The van der Waals surface area contributed by atoms with E-state index in [1.54, 1.807) is 0 Å². The van der Waals surface area contributed by atoms with Crippen molar-refractivity contribution in [2.45, 2.75) is 92.4 Å². The maximum absolute atomic E-state index is 6.02. The Balaban J connectivity index is 1.80. The number of rotatable bonds is 21. The molecule has 8 nitrogen and oxygen atoms in total. The van der Waals surface area contributed by atoms with Crippen molar-refractivity contribution in [3.05, 3.63) is 119 Å². The van der Waals surface area contributed by atoms with Gasteiger partial charge in [-0.05, 0) is 126 Å². The summed E-state index contributed by atoms with van der Waals surface area (Å²) in [4.78, 5) is 0. The van der Waals surface area contributed by atoms with E-state index in [2.05, 4.69) is 48.5 Å². The molecule has 4 atom stereocenters. The van der Waals surface area contributed by atoms with Gasteiger partial charge in [-0.25, -0.2) is 0 Å². The quantitative estimate of drug-likeness (QED) is 0.0803. The predicted molar refractivity (Wildman–Crippen MR) is 196 cm³/mol. The topological polar surface area (TPSA) is 73.8 Å². The Hall–Kier alpha value is -4.08. The molecule has 50 heavy (non-hydrogen) atoms. The number of hydrogen-bond acceptors (Lipinski definition) is 8. The Morgan fingerprint density at radius 2 is 0.500 bits per heavy atom. The average Bonchev–Trinajstić information content (AvgIpc) is 3.09. The molecule has 0 amide bonds. The highest BCUT2D eigenvalue weighted by atomic mass is 16.7. The first-order valence-corrected chi connectivity index (χ1v) is 17.8. The molecule has 8 heteroatoms. The van der Waals surface area contributed by atoms with Crippen molar-refractivity contribution in [1.82, 2.24) is 0 Å². The minimum absolute atomic E-state index is 0.0880. The van der Waals surface area contributed by atoms with Crippen LogP contribution in [0, 0.1) is 0 Å². The summed E-state index contributed by atoms with van der Waals surface area (Å²) in [6.45, 7) is 17.7. The van der Waals surface area contributed by atoms with Crippen molar-refractivity contribution < 1.29 is 37.9 Å². The molecule has 0 aromatic heterocycles. The highest BCUT2D eigenvalue weighted by molar-refractivity contribution is 5.48. The molecule has 0 bridgehead atoms. The normalized spacial score (nSPS) is 15.0. The van der Waals surface area contributed by atoms with Gasteiger partial charge in [0.05, 0.1) is 0 Å². The molecule has 4 rings (SSSR count). The van der Waals surface area contributed by atoms with Crippen LogP contribution in [0.25, 0.3) is 0 Å². The van der Waals surface area contributed by atoms with E-state index < -0.39 is 0 Å². The van der Waals surface area contributed by atoms with E-state index >= 15 is 0 Å². The van der Waals surface area contributed by atoms with Crippen LogP contribution in [0.15, 0.2) is 97.1 Å². The molecule has 0 N–H and O–H groups in total. The molecule has 0 aliphatic rings. The van der Waals surface area contributed by atoms with Crippen molar-refractivity contribution in [2.75, 3.05) is 26.4 Å². The Morgan fingerprint density at radius 3 is 0.660 bits per heavy atom. The van der Waals surface area contributed by atoms with Crippen LogP contribution in [0.3, 0.4) is 0 Å². The molecule has 0 spiro atoms. The van der Waals surface area contributed by atoms with Gasteiger partial charge in [-0.15, -0.1) is 0 Å². The molecule has 4 aromatic carbocycles. The van der Waals surface area contributed by atoms with Gasteiger partial charge < -0.3 is 37.9 Å². The zero-order valence-corrected chi connectivity index (χ0v) is 30.8. The van der Waals surface area contributed by atoms with E-state index in [4.69, 9.17) is 37.9 Å². The second kappa shape index (κ2) is 19.9. The maximum atomic E-state index is 6.02. The molecule has 270 valence electrons. The second-order valence-corrected chi connectivity index (χ2v) is 11.8. The van der Waals surface area contributed by atoms with Gasteiger partial charge in [0.25, 0.3) is 0 Å². The van der Waals surface area contributed by atoms with E-state index in [9.17, 15) is 0 Å². The fourth-order valence-corrected chi connectivity index (χ4v) is 6.01. The first kappa shape index (κ1) is 38.7. The summed E-state index contributed by atoms with van der Waals surface area (Å²) >= 11 is 0. The van der Waals surface area contributed by atoms with E-state index in [1.165, 1.54) is 0 Å². The van der Waals surface area contributed by atoms with Crippen LogP contribution in [0.5, 0.6) is 23.0 Å². The van der Waals surface area contributed by atoms with Gasteiger partial charge in [-0.3, -0.25) is 0 Å². The van der Waals surface area contributed by atoms with E-state index in [0.717, 1.165) is 45.3 Å². The number of hydrogen-bond donors (Lipinski definition) is 0. The molecule has 0 saturated heterocycles. The molecular formula is C42H54O8. The van der Waals surface area contributed by atoms with Crippen LogP contribution in [-0.2, 0) is 18.9 Å². The molecule has 0 radical (unpaired) electrons. The minimum Gasteiger partial charge on any atom is -0.465 e. The first-order chi connectivity index (χ1) is 24.2. The summed E-state index contributed by atoms with van der Waals surface area (Å²) in [5.74, 6) is 2.80. The van der Waals surface area contributed by atoms with Gasteiger partial charge >= 0.3 is 0 Å². The van der Waals surface area contributed by atoms with Crippen LogP contribution in [-0.4, -0.2) is 51.6 Å². The minimum atomic E-state index is -0.349. The van der Waals surface area contributed by atoms with Gasteiger partial charge in [0, 0.05) is 38.3 Å². The van der Waals surface area contributed by atoms with Gasteiger partial charge in [-0.1, -0.05) is 48.5 Å². The molecular weight excluding hydrogens is 632 g/mol. The lowest BCUT2D eigenvalue weighted by molar-refractivity contribution is -0.0617. The highest BCUT2D eigenvalue weighted by Gasteiger charge is 2.29. The summed E-state index contributed by atoms with van der Waals surface area (Å²) in [5.41, 5.74) is 4.49. The van der Waals surface area contributed by atoms with E-state index in [-0.39, 0.29) is 37.0 Å². The zero-order chi connectivity index (χ0) is 35.9.